The van der Waals surface area contributed by atoms with E-state index >= 15 is 0 Å². The Morgan fingerprint density at radius 2 is 1.52 bits per heavy atom. The largest absolute Gasteiger partial charge is 0.272 e. The molecule has 2 amide bonds. The Balaban J connectivity index is 1.94. The van der Waals surface area contributed by atoms with Gasteiger partial charge in [0, 0.05) is 10.6 Å². The van der Waals surface area contributed by atoms with Crippen LogP contribution in [0.1, 0.15) is 10.4 Å². The Kier molecular flexibility index (Phi) is 5.36. The lowest BCUT2D eigenvalue weighted by atomic mass is 10.2. The second kappa shape index (κ2) is 7.26. The maximum absolute atomic E-state index is 12.1. The van der Waals surface area contributed by atoms with Crippen molar-refractivity contribution in [1.29, 1.82) is 0 Å². The van der Waals surface area contributed by atoms with E-state index in [0.29, 0.717) is 10.6 Å². The van der Waals surface area contributed by atoms with Crippen LogP contribution in [0.4, 0.5) is 0 Å². The zero-order chi connectivity index (χ0) is 16.9. The van der Waals surface area contributed by atoms with Crippen molar-refractivity contribution in [1.82, 2.24) is 10.9 Å². The molecule has 0 aliphatic rings. The van der Waals surface area contributed by atoms with Crippen LogP contribution in [0.5, 0.6) is 0 Å². The zero-order valence-corrected chi connectivity index (χ0v) is 13.4. The van der Waals surface area contributed by atoms with Gasteiger partial charge in [0.25, 0.3) is 11.8 Å². The minimum absolute atomic E-state index is 0.0218. The first-order chi connectivity index (χ1) is 10.9. The van der Waals surface area contributed by atoms with Crippen molar-refractivity contribution in [3.05, 3.63) is 65.2 Å². The molecule has 0 heterocycles. The van der Waals surface area contributed by atoms with Crippen LogP contribution in [0.25, 0.3) is 0 Å². The van der Waals surface area contributed by atoms with Gasteiger partial charge in [-0.05, 0) is 36.4 Å². The third kappa shape index (κ3) is 4.80. The molecular formula is C15H13ClN2O4S. The summed E-state index contributed by atoms with van der Waals surface area (Å²) in [7, 11) is -3.81. The van der Waals surface area contributed by atoms with Crippen LogP contribution < -0.4 is 10.9 Å². The minimum atomic E-state index is -3.81. The van der Waals surface area contributed by atoms with Gasteiger partial charge >= 0.3 is 0 Å². The first kappa shape index (κ1) is 17.0. The third-order valence-corrected chi connectivity index (χ3v) is 4.73. The van der Waals surface area contributed by atoms with E-state index in [1.165, 1.54) is 24.3 Å². The number of benzene rings is 2. The lowest BCUT2D eigenvalue weighted by Crippen LogP contribution is -2.44. The van der Waals surface area contributed by atoms with E-state index in [4.69, 9.17) is 11.6 Å². The van der Waals surface area contributed by atoms with Crippen LogP contribution >= 0.6 is 11.6 Å². The van der Waals surface area contributed by atoms with E-state index in [1.54, 1.807) is 30.3 Å². The fourth-order valence-electron chi connectivity index (χ4n) is 1.72. The fourth-order valence-corrected chi connectivity index (χ4v) is 2.98. The quantitative estimate of drug-likeness (QED) is 0.817. The van der Waals surface area contributed by atoms with Crippen molar-refractivity contribution >= 4 is 33.3 Å². The molecule has 2 aromatic carbocycles. The van der Waals surface area contributed by atoms with E-state index < -0.39 is 27.4 Å². The van der Waals surface area contributed by atoms with Gasteiger partial charge in [0.2, 0.25) is 0 Å². The molecule has 0 aromatic heterocycles. The summed E-state index contributed by atoms with van der Waals surface area (Å²) in [6.45, 7) is 0. The molecule has 0 spiro atoms. The van der Waals surface area contributed by atoms with Gasteiger partial charge in [-0.15, -0.1) is 0 Å². The van der Waals surface area contributed by atoms with E-state index in [0.717, 1.165) is 0 Å². The van der Waals surface area contributed by atoms with Crippen molar-refractivity contribution in [2.24, 2.45) is 0 Å². The number of amides is 2. The highest BCUT2D eigenvalue weighted by atomic mass is 35.5. The summed E-state index contributed by atoms with van der Waals surface area (Å²) in [5.41, 5.74) is 4.57. The molecule has 8 heteroatoms. The van der Waals surface area contributed by atoms with Crippen molar-refractivity contribution in [2.45, 2.75) is 4.90 Å². The molecule has 0 atom stereocenters. The Morgan fingerprint density at radius 3 is 2.13 bits per heavy atom. The highest BCUT2D eigenvalue weighted by Crippen LogP contribution is 2.15. The molecule has 120 valence electrons. The number of sulfone groups is 1. The van der Waals surface area contributed by atoms with Crippen LogP contribution in [0.15, 0.2) is 59.5 Å². The maximum Gasteiger partial charge on any atom is 0.269 e. The molecule has 0 radical (unpaired) electrons. The topological polar surface area (TPSA) is 92.3 Å². The van der Waals surface area contributed by atoms with Crippen LogP contribution in [-0.2, 0) is 14.6 Å². The monoisotopic (exact) mass is 352 g/mol. The lowest BCUT2D eigenvalue weighted by Gasteiger charge is -2.08. The molecule has 2 aromatic rings. The first-order valence-corrected chi connectivity index (χ1v) is 8.54. The van der Waals surface area contributed by atoms with Gasteiger partial charge in [-0.25, -0.2) is 8.42 Å². The van der Waals surface area contributed by atoms with Crippen molar-refractivity contribution in [3.8, 4) is 0 Å². The Hall–Kier alpha value is -2.38. The predicted octanol–water partition coefficient (Wildman–Crippen LogP) is 1.57. The Bertz CT molecular complexity index is 805. The predicted molar refractivity (Wildman–Crippen MR) is 85.6 cm³/mol. The number of halogens is 1. The molecular weight excluding hydrogens is 340 g/mol. The number of hydrogen-bond donors (Lipinski definition) is 2. The molecule has 0 unspecified atom stereocenters. The highest BCUT2D eigenvalue weighted by Gasteiger charge is 2.19. The minimum Gasteiger partial charge on any atom is -0.272 e. The second-order valence-corrected chi connectivity index (χ2v) is 7.01. The van der Waals surface area contributed by atoms with Gasteiger partial charge in [-0.3, -0.25) is 20.4 Å². The van der Waals surface area contributed by atoms with Crippen molar-refractivity contribution in [3.63, 3.8) is 0 Å². The Morgan fingerprint density at radius 1 is 0.913 bits per heavy atom. The van der Waals surface area contributed by atoms with Gasteiger partial charge in [-0.1, -0.05) is 29.8 Å². The standard InChI is InChI=1S/C15H13ClN2O4S/c16-12-6-8-13(9-7-12)23(21,22)10-14(19)17-18-15(20)11-4-2-1-3-5-11/h1-9H,10H2,(H,17,19)(H,18,20). The number of nitrogens with one attached hydrogen (secondary N) is 2. The summed E-state index contributed by atoms with van der Waals surface area (Å²) in [6, 6.07) is 13.7. The number of hydrogen-bond acceptors (Lipinski definition) is 4. The molecule has 2 rings (SSSR count). The van der Waals surface area contributed by atoms with Gasteiger partial charge in [0.15, 0.2) is 9.84 Å². The number of hydrazine groups is 1. The van der Waals surface area contributed by atoms with Gasteiger partial charge in [0.05, 0.1) is 4.90 Å². The zero-order valence-electron chi connectivity index (χ0n) is 11.8. The molecule has 0 fully saturated rings. The van der Waals surface area contributed by atoms with Gasteiger partial charge < -0.3 is 0 Å². The van der Waals surface area contributed by atoms with E-state index in [9.17, 15) is 18.0 Å². The van der Waals surface area contributed by atoms with Gasteiger partial charge in [-0.2, -0.15) is 0 Å². The molecule has 0 aliphatic heterocycles. The summed E-state index contributed by atoms with van der Waals surface area (Å²) in [5.74, 6) is -2.17. The summed E-state index contributed by atoms with van der Waals surface area (Å²) in [4.78, 5) is 23.4. The summed E-state index contributed by atoms with van der Waals surface area (Å²) >= 11 is 5.69. The average molecular weight is 353 g/mol. The lowest BCUT2D eigenvalue weighted by molar-refractivity contribution is -0.119. The molecule has 0 aliphatic carbocycles. The molecule has 0 bridgehead atoms. The number of carbonyl (C=O) groups excluding carboxylic acids is 2. The third-order valence-electron chi connectivity index (χ3n) is 2.85. The summed E-state index contributed by atoms with van der Waals surface area (Å²) < 4.78 is 24.1. The van der Waals surface area contributed by atoms with E-state index in [-0.39, 0.29) is 4.90 Å². The van der Waals surface area contributed by atoms with E-state index in [1.807, 2.05) is 0 Å². The first-order valence-electron chi connectivity index (χ1n) is 6.51. The van der Waals surface area contributed by atoms with Crippen molar-refractivity contribution < 1.29 is 18.0 Å². The van der Waals surface area contributed by atoms with Crippen LogP contribution in [-0.4, -0.2) is 26.0 Å². The molecule has 2 N–H and O–H groups in total. The molecule has 23 heavy (non-hydrogen) atoms. The Labute approximate surface area is 138 Å². The SMILES string of the molecule is O=C(CS(=O)(=O)c1ccc(Cl)cc1)NNC(=O)c1ccccc1. The fraction of sp³-hybridized carbons (Fsp3) is 0.0667. The maximum atomic E-state index is 12.1. The number of carbonyl (C=O) groups is 2. The smallest absolute Gasteiger partial charge is 0.269 e. The summed E-state index contributed by atoms with van der Waals surface area (Å²) in [5, 5.41) is 0.392. The highest BCUT2D eigenvalue weighted by molar-refractivity contribution is 7.92. The molecule has 6 nitrogen and oxygen atoms in total. The van der Waals surface area contributed by atoms with Gasteiger partial charge in [0.1, 0.15) is 5.75 Å². The number of rotatable bonds is 4. The van der Waals surface area contributed by atoms with E-state index in [2.05, 4.69) is 10.9 Å². The molecule has 0 saturated carbocycles. The second-order valence-electron chi connectivity index (χ2n) is 4.58. The normalized spacial score (nSPS) is 10.8. The summed E-state index contributed by atoms with van der Waals surface area (Å²) in [6.07, 6.45) is 0. The average Bonchev–Trinajstić information content (AvgIpc) is 2.53. The van der Waals surface area contributed by atoms with Crippen LogP contribution in [0, 0.1) is 0 Å². The van der Waals surface area contributed by atoms with Crippen molar-refractivity contribution in [2.75, 3.05) is 5.75 Å². The van der Waals surface area contributed by atoms with Crippen LogP contribution in [0.3, 0.4) is 0 Å². The molecule has 0 saturated heterocycles. The van der Waals surface area contributed by atoms with Crippen LogP contribution in [0.2, 0.25) is 5.02 Å².